The first kappa shape index (κ1) is 17.4. The summed E-state index contributed by atoms with van der Waals surface area (Å²) in [6, 6.07) is 5.93. The highest BCUT2D eigenvalue weighted by Crippen LogP contribution is 2.29. The van der Waals surface area contributed by atoms with Gasteiger partial charge in [-0.15, -0.1) is 0 Å². The zero-order chi connectivity index (χ0) is 16.7. The highest BCUT2D eigenvalue weighted by atomic mass is 16.5. The molecule has 23 heavy (non-hydrogen) atoms. The fourth-order valence-electron chi connectivity index (χ4n) is 3.07. The van der Waals surface area contributed by atoms with Gasteiger partial charge in [0.05, 0.1) is 14.2 Å². The third-order valence-electron chi connectivity index (χ3n) is 4.38. The lowest BCUT2D eigenvalue weighted by Gasteiger charge is -2.15. The average Bonchev–Trinajstić information content (AvgIpc) is 2.82. The predicted octanol–water partition coefficient (Wildman–Crippen LogP) is 3.95. The van der Waals surface area contributed by atoms with Crippen LogP contribution in [0.25, 0.3) is 5.57 Å². The van der Waals surface area contributed by atoms with Gasteiger partial charge in [-0.25, -0.2) is 0 Å². The minimum atomic E-state index is -0.0210. The van der Waals surface area contributed by atoms with E-state index in [1.807, 2.05) is 25.1 Å². The van der Waals surface area contributed by atoms with Gasteiger partial charge in [0.25, 0.3) is 0 Å². The molecular weight excluding hydrogens is 290 g/mol. The molecule has 126 valence electrons. The molecular formula is C19H27NO3. The first-order valence-corrected chi connectivity index (χ1v) is 8.35. The number of rotatable bonds is 5. The van der Waals surface area contributed by atoms with E-state index in [0.717, 1.165) is 29.7 Å². The summed E-state index contributed by atoms with van der Waals surface area (Å²) in [6.07, 6.45) is 8.82. The molecule has 0 unspecified atom stereocenters. The van der Waals surface area contributed by atoms with Gasteiger partial charge in [-0.05, 0) is 37.5 Å². The second-order valence-corrected chi connectivity index (χ2v) is 6.09. The number of nitrogens with one attached hydrogen (secondary N) is 1. The number of methoxy groups -OCH3 is 2. The number of hydrogen-bond acceptors (Lipinski definition) is 3. The molecule has 1 fully saturated rings. The summed E-state index contributed by atoms with van der Waals surface area (Å²) in [7, 11) is 3.24. The van der Waals surface area contributed by atoms with Gasteiger partial charge in [0.15, 0.2) is 0 Å². The predicted molar refractivity (Wildman–Crippen MR) is 92.8 cm³/mol. The molecule has 0 aromatic heterocycles. The van der Waals surface area contributed by atoms with Crippen LogP contribution in [0, 0.1) is 0 Å². The molecule has 0 radical (unpaired) electrons. The normalized spacial score (nSPS) is 16.6. The fraction of sp³-hybridized carbons (Fsp3) is 0.526. The Hall–Kier alpha value is -1.97. The summed E-state index contributed by atoms with van der Waals surface area (Å²) in [5.41, 5.74) is 1.79. The minimum Gasteiger partial charge on any atom is -0.497 e. The SMILES string of the molecule is COc1ccc(/C(C)=C/C(=O)NC2CCCCCC2)c(OC)c1. The lowest BCUT2D eigenvalue weighted by molar-refractivity contribution is -0.117. The van der Waals surface area contributed by atoms with Gasteiger partial charge in [0, 0.05) is 23.7 Å². The van der Waals surface area contributed by atoms with Gasteiger partial charge in [0.2, 0.25) is 5.91 Å². The molecule has 1 aromatic rings. The Morgan fingerprint density at radius 2 is 1.83 bits per heavy atom. The van der Waals surface area contributed by atoms with Crippen LogP contribution in [0.2, 0.25) is 0 Å². The van der Waals surface area contributed by atoms with Crippen molar-refractivity contribution >= 4 is 11.5 Å². The Morgan fingerprint density at radius 1 is 1.13 bits per heavy atom. The van der Waals surface area contributed by atoms with E-state index in [-0.39, 0.29) is 5.91 Å². The van der Waals surface area contributed by atoms with E-state index >= 15 is 0 Å². The van der Waals surface area contributed by atoms with E-state index in [9.17, 15) is 4.79 Å². The molecule has 0 spiro atoms. The Morgan fingerprint density at radius 3 is 2.43 bits per heavy atom. The zero-order valence-corrected chi connectivity index (χ0v) is 14.4. The molecule has 0 saturated heterocycles. The van der Waals surface area contributed by atoms with Gasteiger partial charge in [-0.2, -0.15) is 0 Å². The molecule has 1 aromatic carbocycles. The van der Waals surface area contributed by atoms with Gasteiger partial charge in [-0.3, -0.25) is 4.79 Å². The minimum absolute atomic E-state index is 0.0210. The van der Waals surface area contributed by atoms with E-state index in [4.69, 9.17) is 9.47 Å². The summed E-state index contributed by atoms with van der Waals surface area (Å²) >= 11 is 0. The van der Waals surface area contributed by atoms with E-state index in [0.29, 0.717) is 11.8 Å². The number of allylic oxidation sites excluding steroid dienone is 1. The number of carbonyl (C=O) groups is 1. The quantitative estimate of drug-likeness (QED) is 0.661. The van der Waals surface area contributed by atoms with Gasteiger partial charge >= 0.3 is 0 Å². The van der Waals surface area contributed by atoms with Crippen molar-refractivity contribution in [1.82, 2.24) is 5.32 Å². The standard InChI is InChI=1S/C19H27NO3/c1-14(17-11-10-16(22-2)13-18(17)23-3)12-19(21)20-15-8-6-4-5-7-9-15/h10-13,15H,4-9H2,1-3H3,(H,20,21)/b14-12+. The molecule has 0 bridgehead atoms. The van der Waals surface area contributed by atoms with E-state index in [1.165, 1.54) is 25.7 Å². The van der Waals surface area contributed by atoms with Gasteiger partial charge in [-0.1, -0.05) is 25.7 Å². The maximum absolute atomic E-state index is 12.3. The molecule has 4 nitrogen and oxygen atoms in total. The Balaban J connectivity index is 2.07. The third-order valence-corrected chi connectivity index (χ3v) is 4.38. The maximum atomic E-state index is 12.3. The van der Waals surface area contributed by atoms with Crippen molar-refractivity contribution in [3.63, 3.8) is 0 Å². The summed E-state index contributed by atoms with van der Waals surface area (Å²) in [6.45, 7) is 1.93. The zero-order valence-electron chi connectivity index (χ0n) is 14.4. The average molecular weight is 317 g/mol. The van der Waals surface area contributed by atoms with Crippen LogP contribution in [-0.2, 0) is 4.79 Å². The van der Waals surface area contributed by atoms with Crippen LogP contribution in [0.1, 0.15) is 51.0 Å². The highest BCUT2D eigenvalue weighted by molar-refractivity contribution is 5.95. The molecule has 0 aliphatic heterocycles. The number of benzene rings is 1. The summed E-state index contributed by atoms with van der Waals surface area (Å²) < 4.78 is 10.6. The van der Waals surface area contributed by atoms with Gasteiger partial charge in [0.1, 0.15) is 11.5 Å². The van der Waals surface area contributed by atoms with Crippen LogP contribution in [0.3, 0.4) is 0 Å². The Kier molecular flexibility index (Phi) is 6.51. The summed E-state index contributed by atoms with van der Waals surface area (Å²) in [5, 5.41) is 3.14. The Labute approximate surface area is 138 Å². The highest BCUT2D eigenvalue weighted by Gasteiger charge is 2.14. The van der Waals surface area contributed by atoms with E-state index in [1.54, 1.807) is 20.3 Å². The molecule has 1 aliphatic rings. The van der Waals surface area contributed by atoms with Crippen LogP contribution in [0.15, 0.2) is 24.3 Å². The van der Waals surface area contributed by atoms with Gasteiger partial charge < -0.3 is 14.8 Å². The first-order chi connectivity index (χ1) is 11.1. The van der Waals surface area contributed by atoms with Crippen molar-refractivity contribution in [3.05, 3.63) is 29.8 Å². The second-order valence-electron chi connectivity index (χ2n) is 6.09. The van der Waals surface area contributed by atoms with Crippen molar-refractivity contribution in [3.8, 4) is 11.5 Å². The number of carbonyl (C=O) groups excluding carboxylic acids is 1. The first-order valence-electron chi connectivity index (χ1n) is 8.35. The van der Waals surface area contributed by atoms with Crippen LogP contribution < -0.4 is 14.8 Å². The molecule has 1 N–H and O–H groups in total. The van der Waals surface area contributed by atoms with Crippen molar-refractivity contribution in [2.45, 2.75) is 51.5 Å². The largest absolute Gasteiger partial charge is 0.497 e. The van der Waals surface area contributed by atoms with Crippen LogP contribution in [-0.4, -0.2) is 26.2 Å². The monoisotopic (exact) mass is 317 g/mol. The topological polar surface area (TPSA) is 47.6 Å². The molecule has 1 saturated carbocycles. The fourth-order valence-corrected chi connectivity index (χ4v) is 3.07. The summed E-state index contributed by atoms with van der Waals surface area (Å²) in [5.74, 6) is 1.42. The van der Waals surface area contributed by atoms with Crippen LogP contribution in [0.5, 0.6) is 11.5 Å². The van der Waals surface area contributed by atoms with Crippen molar-refractivity contribution in [1.29, 1.82) is 0 Å². The lowest BCUT2D eigenvalue weighted by Crippen LogP contribution is -2.33. The van der Waals surface area contributed by atoms with Crippen LogP contribution >= 0.6 is 0 Å². The molecule has 0 heterocycles. The molecule has 1 aliphatic carbocycles. The van der Waals surface area contributed by atoms with E-state index < -0.39 is 0 Å². The lowest BCUT2D eigenvalue weighted by atomic mass is 10.0. The number of amides is 1. The molecule has 0 atom stereocenters. The molecule has 1 amide bonds. The van der Waals surface area contributed by atoms with Crippen molar-refractivity contribution < 1.29 is 14.3 Å². The second kappa shape index (κ2) is 8.61. The molecule has 2 rings (SSSR count). The van der Waals surface area contributed by atoms with Crippen LogP contribution in [0.4, 0.5) is 0 Å². The van der Waals surface area contributed by atoms with Crippen molar-refractivity contribution in [2.24, 2.45) is 0 Å². The molecule has 4 heteroatoms. The Bertz CT molecular complexity index is 558. The number of hydrogen-bond donors (Lipinski definition) is 1. The maximum Gasteiger partial charge on any atom is 0.244 e. The van der Waals surface area contributed by atoms with E-state index in [2.05, 4.69) is 5.32 Å². The van der Waals surface area contributed by atoms with Crippen molar-refractivity contribution in [2.75, 3.05) is 14.2 Å². The smallest absolute Gasteiger partial charge is 0.244 e. The number of ether oxygens (including phenoxy) is 2. The summed E-state index contributed by atoms with van der Waals surface area (Å²) in [4.78, 5) is 12.3. The third kappa shape index (κ3) is 5.02.